The van der Waals surface area contributed by atoms with Crippen molar-refractivity contribution in [2.45, 2.75) is 6.42 Å². The minimum atomic E-state index is -1.01. The lowest BCUT2D eigenvalue weighted by Gasteiger charge is -2.25. The zero-order valence-corrected chi connectivity index (χ0v) is 19.1. The minimum Gasteiger partial charge on any atom is -0.497 e. The molecule has 1 fully saturated rings. The number of nitrogens with zero attached hydrogens (tertiary/aromatic N) is 3. The van der Waals surface area contributed by atoms with Gasteiger partial charge in [-0.3, -0.25) is 0 Å². The van der Waals surface area contributed by atoms with Crippen LogP contribution in [0.2, 0.25) is 0 Å². The zero-order chi connectivity index (χ0) is 24.4. The van der Waals surface area contributed by atoms with Gasteiger partial charge in [-0.05, 0) is 48.9 Å². The first-order chi connectivity index (χ1) is 17.0. The number of amidine groups is 1. The predicted octanol–water partition coefficient (Wildman–Crippen LogP) is 5.40. The van der Waals surface area contributed by atoms with Crippen molar-refractivity contribution in [2.24, 2.45) is 4.99 Å². The fraction of sp³-hybridized carbons (Fsp3) is 0.231. The van der Waals surface area contributed by atoms with E-state index in [0.717, 1.165) is 29.2 Å². The number of carbonyl (C=O) groups is 1. The van der Waals surface area contributed by atoms with Crippen molar-refractivity contribution in [1.82, 2.24) is 9.80 Å². The second-order valence-corrected chi connectivity index (χ2v) is 8.25. The van der Waals surface area contributed by atoms with E-state index in [2.05, 4.69) is 10.2 Å². The van der Waals surface area contributed by atoms with Gasteiger partial charge in [-0.15, -0.1) is 0 Å². The highest BCUT2D eigenvalue weighted by Crippen LogP contribution is 2.39. The third kappa shape index (κ3) is 4.75. The van der Waals surface area contributed by atoms with Crippen LogP contribution in [0.4, 0.5) is 25.0 Å². The van der Waals surface area contributed by atoms with Gasteiger partial charge in [0, 0.05) is 37.9 Å². The van der Waals surface area contributed by atoms with Crippen LogP contribution in [-0.4, -0.2) is 55.0 Å². The van der Waals surface area contributed by atoms with Crippen LogP contribution in [0.1, 0.15) is 12.0 Å². The summed E-state index contributed by atoms with van der Waals surface area (Å²) in [6.45, 7) is 2.14. The summed E-state index contributed by atoms with van der Waals surface area (Å²) in [6, 6.07) is 16.1. The number of aliphatic imine (C=N–C) groups is 1. The molecule has 3 aromatic carbocycles. The molecular weight excluding hydrogens is 454 g/mol. The van der Waals surface area contributed by atoms with E-state index >= 15 is 0 Å². The minimum absolute atomic E-state index is 0.206. The van der Waals surface area contributed by atoms with Gasteiger partial charge in [0.05, 0.1) is 12.7 Å². The maximum Gasteiger partial charge on any atom is 0.321 e. The third-order valence-corrected chi connectivity index (χ3v) is 5.99. The SMILES string of the molecule is COc1ccc2c(c1)C(N1CCCN(C(=O)Nc3ccc(F)c(F)c3)CC1)=Nc1ccccc1O2. The van der Waals surface area contributed by atoms with Gasteiger partial charge in [-0.25, -0.2) is 18.6 Å². The number of carbonyl (C=O) groups excluding carboxylic acids is 1. The Morgan fingerprint density at radius 3 is 2.66 bits per heavy atom. The number of hydrogen-bond acceptors (Lipinski definition) is 5. The number of anilines is 1. The largest absolute Gasteiger partial charge is 0.497 e. The van der Waals surface area contributed by atoms with E-state index in [1.54, 1.807) is 12.0 Å². The van der Waals surface area contributed by atoms with E-state index in [4.69, 9.17) is 14.5 Å². The molecule has 2 aliphatic rings. The van der Waals surface area contributed by atoms with Crippen LogP contribution in [-0.2, 0) is 0 Å². The predicted molar refractivity (Wildman–Crippen MR) is 129 cm³/mol. The Balaban J connectivity index is 1.38. The van der Waals surface area contributed by atoms with Crippen LogP contribution in [0.5, 0.6) is 17.2 Å². The van der Waals surface area contributed by atoms with Gasteiger partial charge in [0.2, 0.25) is 0 Å². The van der Waals surface area contributed by atoms with Crippen LogP contribution < -0.4 is 14.8 Å². The molecule has 0 unspecified atom stereocenters. The first-order valence-electron chi connectivity index (χ1n) is 11.3. The molecule has 0 aliphatic carbocycles. The van der Waals surface area contributed by atoms with Crippen LogP contribution in [0.3, 0.4) is 0 Å². The monoisotopic (exact) mass is 478 g/mol. The lowest BCUT2D eigenvalue weighted by molar-refractivity contribution is 0.214. The molecule has 180 valence electrons. The molecule has 7 nitrogen and oxygen atoms in total. The average Bonchev–Trinajstić information content (AvgIpc) is 3.21. The zero-order valence-electron chi connectivity index (χ0n) is 19.1. The maximum atomic E-state index is 13.5. The Morgan fingerprint density at radius 1 is 0.971 bits per heavy atom. The average molecular weight is 478 g/mol. The smallest absolute Gasteiger partial charge is 0.321 e. The molecule has 0 aromatic heterocycles. The summed E-state index contributed by atoms with van der Waals surface area (Å²) in [5.41, 5.74) is 1.73. The Hall–Kier alpha value is -4.14. The van der Waals surface area contributed by atoms with Crippen molar-refractivity contribution in [3.63, 3.8) is 0 Å². The van der Waals surface area contributed by atoms with Crippen molar-refractivity contribution in [3.05, 3.63) is 77.9 Å². The van der Waals surface area contributed by atoms with Crippen LogP contribution in [0.15, 0.2) is 65.7 Å². The first kappa shape index (κ1) is 22.6. The van der Waals surface area contributed by atoms with E-state index < -0.39 is 11.6 Å². The molecule has 3 aromatic rings. The molecule has 0 atom stereocenters. The maximum absolute atomic E-state index is 13.5. The van der Waals surface area contributed by atoms with Gasteiger partial charge in [0.1, 0.15) is 23.0 Å². The van der Waals surface area contributed by atoms with Gasteiger partial charge >= 0.3 is 6.03 Å². The standard InChI is InChI=1S/C26H24F2N4O3/c1-34-18-8-10-23-19(16-18)25(30-22-5-2-3-6-24(22)35-23)31-11-4-12-32(14-13-31)26(33)29-17-7-9-20(27)21(28)15-17/h2-3,5-10,15-16H,4,11-14H2,1H3,(H,29,33). The molecule has 0 spiro atoms. The number of halogens is 2. The number of amides is 2. The normalized spacial score (nSPS) is 15.1. The molecule has 1 saturated heterocycles. The van der Waals surface area contributed by atoms with Gasteiger partial charge in [0.15, 0.2) is 17.4 Å². The number of rotatable bonds is 2. The molecule has 35 heavy (non-hydrogen) atoms. The summed E-state index contributed by atoms with van der Waals surface area (Å²) in [5.74, 6) is 0.802. The molecule has 0 saturated carbocycles. The quantitative estimate of drug-likeness (QED) is 0.536. The van der Waals surface area contributed by atoms with Crippen molar-refractivity contribution < 1.29 is 23.0 Å². The summed E-state index contributed by atoms with van der Waals surface area (Å²) >= 11 is 0. The lowest BCUT2D eigenvalue weighted by Crippen LogP contribution is -2.39. The Bertz CT molecular complexity index is 1300. The number of nitrogens with one attached hydrogen (secondary N) is 1. The van der Waals surface area contributed by atoms with E-state index in [0.29, 0.717) is 49.8 Å². The number of hydrogen-bond donors (Lipinski definition) is 1. The number of fused-ring (bicyclic) bond motifs is 2. The molecule has 2 amide bonds. The summed E-state index contributed by atoms with van der Waals surface area (Å²) in [5, 5.41) is 2.65. The first-order valence-corrected chi connectivity index (χ1v) is 11.3. The number of methoxy groups -OCH3 is 1. The van der Waals surface area contributed by atoms with Gasteiger partial charge in [-0.2, -0.15) is 0 Å². The summed E-state index contributed by atoms with van der Waals surface area (Å²) in [4.78, 5) is 21.6. The Kier molecular flexibility index (Phi) is 6.22. The molecular formula is C26H24F2N4O3. The highest BCUT2D eigenvalue weighted by Gasteiger charge is 2.26. The van der Waals surface area contributed by atoms with E-state index in [-0.39, 0.29) is 11.7 Å². The Labute approximate surface area is 201 Å². The van der Waals surface area contributed by atoms with Crippen molar-refractivity contribution in [3.8, 4) is 17.2 Å². The van der Waals surface area contributed by atoms with Crippen molar-refractivity contribution in [2.75, 3.05) is 38.6 Å². The molecule has 1 N–H and O–H groups in total. The fourth-order valence-corrected chi connectivity index (χ4v) is 4.18. The van der Waals surface area contributed by atoms with Gasteiger partial charge in [-0.1, -0.05) is 12.1 Å². The molecule has 2 aliphatic heterocycles. The van der Waals surface area contributed by atoms with Crippen LogP contribution in [0, 0.1) is 11.6 Å². The molecule has 2 heterocycles. The van der Waals surface area contributed by atoms with Crippen LogP contribution in [0.25, 0.3) is 0 Å². The van der Waals surface area contributed by atoms with Gasteiger partial charge in [0.25, 0.3) is 0 Å². The second kappa shape index (κ2) is 9.61. The molecule has 0 radical (unpaired) electrons. The molecule has 9 heteroatoms. The highest BCUT2D eigenvalue weighted by atomic mass is 19.2. The van der Waals surface area contributed by atoms with Gasteiger partial charge < -0.3 is 24.6 Å². The highest BCUT2D eigenvalue weighted by molar-refractivity contribution is 6.04. The van der Waals surface area contributed by atoms with Crippen LogP contribution >= 0.6 is 0 Å². The number of urea groups is 1. The lowest BCUT2D eigenvalue weighted by atomic mass is 10.1. The van der Waals surface area contributed by atoms with Crippen molar-refractivity contribution in [1.29, 1.82) is 0 Å². The number of benzene rings is 3. The number of para-hydroxylation sites is 2. The summed E-state index contributed by atoms with van der Waals surface area (Å²) in [7, 11) is 1.61. The third-order valence-electron chi connectivity index (χ3n) is 5.99. The van der Waals surface area contributed by atoms with E-state index in [9.17, 15) is 13.6 Å². The summed E-state index contributed by atoms with van der Waals surface area (Å²) < 4.78 is 38.3. The fourth-order valence-electron chi connectivity index (χ4n) is 4.18. The van der Waals surface area contributed by atoms with E-state index in [1.165, 1.54) is 6.07 Å². The Morgan fingerprint density at radius 2 is 1.83 bits per heavy atom. The topological polar surface area (TPSA) is 66.4 Å². The second-order valence-electron chi connectivity index (χ2n) is 8.25. The molecule has 0 bridgehead atoms. The van der Waals surface area contributed by atoms with E-state index in [1.807, 2.05) is 42.5 Å². The number of ether oxygens (including phenoxy) is 2. The summed E-state index contributed by atoms with van der Waals surface area (Å²) in [6.07, 6.45) is 0.700. The van der Waals surface area contributed by atoms with Crippen molar-refractivity contribution >= 4 is 23.2 Å². The molecule has 5 rings (SSSR count).